The number of pyridine rings is 1. The van der Waals surface area contributed by atoms with Crippen molar-refractivity contribution in [1.82, 2.24) is 4.98 Å². The molecule has 0 aliphatic carbocycles. The maximum atomic E-state index is 12.6. The number of hydrogen-bond acceptors (Lipinski definition) is 2. The minimum atomic E-state index is -0.493. The molecule has 0 spiro atoms. The lowest BCUT2D eigenvalue weighted by molar-refractivity contribution is 0.584. The van der Waals surface area contributed by atoms with E-state index >= 15 is 0 Å². The Morgan fingerprint density at radius 1 is 1.00 bits per heavy atom. The fourth-order valence-corrected chi connectivity index (χ4v) is 1.28. The number of nitrogens with zero attached hydrogens (tertiary/aromatic N) is 2. The third kappa shape index (κ3) is 2.00. The third-order valence-corrected chi connectivity index (χ3v) is 2.07. The number of aromatic nitrogens is 1. The van der Waals surface area contributed by atoms with Crippen LogP contribution in [0.25, 0.3) is 11.1 Å². The molecule has 0 saturated heterocycles. The highest BCUT2D eigenvalue weighted by Crippen LogP contribution is 2.18. The van der Waals surface area contributed by atoms with Crippen LogP contribution in [-0.4, -0.2) is 4.98 Å². The van der Waals surface area contributed by atoms with Gasteiger partial charge in [-0.2, -0.15) is 9.65 Å². The van der Waals surface area contributed by atoms with E-state index in [0.717, 1.165) is 11.1 Å². The molecule has 0 aliphatic rings. The minimum Gasteiger partial charge on any atom is -0.228 e. The van der Waals surface area contributed by atoms with Crippen LogP contribution in [0.5, 0.6) is 0 Å². The van der Waals surface area contributed by atoms with Crippen molar-refractivity contribution in [3.63, 3.8) is 0 Å². The predicted molar refractivity (Wildman–Crippen MR) is 54.3 cm³/mol. The summed E-state index contributed by atoms with van der Waals surface area (Å²) in [4.78, 5) is 3.57. The summed E-state index contributed by atoms with van der Waals surface area (Å²) in [7, 11) is 0. The Balaban J connectivity index is 2.38. The monoisotopic (exact) mass is 198 g/mol. The summed E-state index contributed by atoms with van der Waals surface area (Å²) < 4.78 is 12.6. The van der Waals surface area contributed by atoms with E-state index in [9.17, 15) is 4.39 Å². The van der Waals surface area contributed by atoms with Crippen LogP contribution in [0.2, 0.25) is 0 Å². The highest BCUT2D eigenvalue weighted by atomic mass is 19.1. The fourth-order valence-electron chi connectivity index (χ4n) is 1.28. The molecule has 0 radical (unpaired) electrons. The van der Waals surface area contributed by atoms with E-state index in [1.807, 2.05) is 18.2 Å². The van der Waals surface area contributed by atoms with Gasteiger partial charge in [0.2, 0.25) is 5.95 Å². The molecule has 1 aromatic carbocycles. The summed E-state index contributed by atoms with van der Waals surface area (Å²) in [5.41, 5.74) is 2.36. The van der Waals surface area contributed by atoms with E-state index in [0.29, 0.717) is 5.56 Å². The zero-order chi connectivity index (χ0) is 10.7. The number of rotatable bonds is 1. The number of hydrogen-bond donors (Lipinski definition) is 0. The molecule has 0 fully saturated rings. The predicted octanol–water partition coefficient (Wildman–Crippen LogP) is 2.76. The van der Waals surface area contributed by atoms with Gasteiger partial charge in [-0.25, -0.2) is 4.98 Å². The molecule has 15 heavy (non-hydrogen) atoms. The lowest BCUT2D eigenvalue weighted by Crippen LogP contribution is -1.83. The maximum Gasteiger partial charge on any atom is 0.212 e. The lowest BCUT2D eigenvalue weighted by atomic mass is 10.1. The number of halogens is 1. The van der Waals surface area contributed by atoms with Crippen LogP contribution >= 0.6 is 0 Å². The average molecular weight is 198 g/mol. The van der Waals surface area contributed by atoms with Crippen LogP contribution in [0.15, 0.2) is 42.6 Å². The number of benzene rings is 1. The SMILES string of the molecule is N#Cc1ccc(-c2ccc(F)nc2)cc1. The molecule has 0 amide bonds. The molecule has 1 aromatic heterocycles. The zero-order valence-electron chi connectivity index (χ0n) is 7.81. The van der Waals surface area contributed by atoms with Crippen molar-refractivity contribution in [2.45, 2.75) is 0 Å². The van der Waals surface area contributed by atoms with Gasteiger partial charge in [-0.3, -0.25) is 0 Å². The van der Waals surface area contributed by atoms with E-state index in [1.54, 1.807) is 18.2 Å². The second kappa shape index (κ2) is 3.89. The quantitative estimate of drug-likeness (QED) is 0.660. The van der Waals surface area contributed by atoms with Gasteiger partial charge in [0.1, 0.15) is 0 Å². The Bertz CT molecular complexity index is 495. The smallest absolute Gasteiger partial charge is 0.212 e. The molecule has 0 atom stereocenters. The Morgan fingerprint density at radius 3 is 2.20 bits per heavy atom. The first kappa shape index (κ1) is 9.35. The van der Waals surface area contributed by atoms with Gasteiger partial charge >= 0.3 is 0 Å². The van der Waals surface area contributed by atoms with Gasteiger partial charge in [0.15, 0.2) is 0 Å². The largest absolute Gasteiger partial charge is 0.228 e. The van der Waals surface area contributed by atoms with Gasteiger partial charge in [0.05, 0.1) is 11.6 Å². The van der Waals surface area contributed by atoms with E-state index in [2.05, 4.69) is 4.98 Å². The zero-order valence-corrected chi connectivity index (χ0v) is 7.81. The summed E-state index contributed by atoms with van der Waals surface area (Å²) in [6.07, 6.45) is 1.47. The van der Waals surface area contributed by atoms with Crippen LogP contribution in [0.4, 0.5) is 4.39 Å². The fraction of sp³-hybridized carbons (Fsp3) is 0. The molecule has 72 valence electrons. The first-order valence-electron chi connectivity index (χ1n) is 4.42. The third-order valence-electron chi connectivity index (χ3n) is 2.07. The molecule has 0 saturated carbocycles. The molecule has 0 unspecified atom stereocenters. The molecular weight excluding hydrogens is 191 g/mol. The molecule has 2 aromatic rings. The van der Waals surface area contributed by atoms with Crippen molar-refractivity contribution < 1.29 is 4.39 Å². The first-order chi connectivity index (χ1) is 7.29. The van der Waals surface area contributed by atoms with Crippen molar-refractivity contribution in [2.24, 2.45) is 0 Å². The Labute approximate surface area is 86.6 Å². The van der Waals surface area contributed by atoms with E-state index in [1.165, 1.54) is 12.3 Å². The second-order valence-electron chi connectivity index (χ2n) is 3.06. The number of nitriles is 1. The van der Waals surface area contributed by atoms with Crippen LogP contribution in [0.1, 0.15) is 5.56 Å². The molecular formula is C12H7FN2. The van der Waals surface area contributed by atoms with Crippen LogP contribution < -0.4 is 0 Å². The topological polar surface area (TPSA) is 36.7 Å². The molecule has 0 aliphatic heterocycles. The van der Waals surface area contributed by atoms with Gasteiger partial charge in [0.25, 0.3) is 0 Å². The summed E-state index contributed by atoms with van der Waals surface area (Å²) in [6.45, 7) is 0. The maximum absolute atomic E-state index is 12.6. The molecule has 3 heteroatoms. The van der Waals surface area contributed by atoms with Gasteiger partial charge in [0, 0.05) is 11.8 Å². The minimum absolute atomic E-state index is 0.493. The van der Waals surface area contributed by atoms with Crippen molar-refractivity contribution in [1.29, 1.82) is 5.26 Å². The van der Waals surface area contributed by atoms with E-state index < -0.39 is 5.95 Å². The van der Waals surface area contributed by atoms with Crippen molar-refractivity contribution >= 4 is 0 Å². The van der Waals surface area contributed by atoms with Crippen LogP contribution in [0, 0.1) is 17.3 Å². The molecule has 2 nitrogen and oxygen atoms in total. The highest BCUT2D eigenvalue weighted by Gasteiger charge is 1.98. The molecule has 1 heterocycles. The van der Waals surface area contributed by atoms with Crippen LogP contribution in [0.3, 0.4) is 0 Å². The molecule has 0 N–H and O–H groups in total. The molecule has 2 rings (SSSR count). The van der Waals surface area contributed by atoms with Gasteiger partial charge in [-0.05, 0) is 29.8 Å². The van der Waals surface area contributed by atoms with Crippen molar-refractivity contribution in [3.05, 3.63) is 54.1 Å². The standard InChI is InChI=1S/C12H7FN2/c13-12-6-5-11(8-15-12)10-3-1-9(7-14)2-4-10/h1-6,8H. The molecule has 0 bridgehead atoms. The summed E-state index contributed by atoms with van der Waals surface area (Å²) in [5.74, 6) is -0.493. The summed E-state index contributed by atoms with van der Waals surface area (Å²) in [5, 5.41) is 8.62. The van der Waals surface area contributed by atoms with Gasteiger partial charge in [-0.1, -0.05) is 12.1 Å². The van der Waals surface area contributed by atoms with Gasteiger partial charge < -0.3 is 0 Å². The summed E-state index contributed by atoms with van der Waals surface area (Å²) >= 11 is 0. The van der Waals surface area contributed by atoms with E-state index in [-0.39, 0.29) is 0 Å². The van der Waals surface area contributed by atoms with Crippen molar-refractivity contribution in [3.8, 4) is 17.2 Å². The summed E-state index contributed by atoms with van der Waals surface area (Å²) in [6, 6.07) is 12.1. The normalized spacial score (nSPS) is 9.60. The first-order valence-corrected chi connectivity index (χ1v) is 4.42. The average Bonchev–Trinajstić information content (AvgIpc) is 2.30. The van der Waals surface area contributed by atoms with Crippen LogP contribution in [-0.2, 0) is 0 Å². The highest BCUT2D eigenvalue weighted by molar-refractivity contribution is 5.63. The second-order valence-corrected chi connectivity index (χ2v) is 3.06. The lowest BCUT2D eigenvalue weighted by Gasteiger charge is -2.00. The Hall–Kier alpha value is -2.21. The van der Waals surface area contributed by atoms with Gasteiger partial charge in [-0.15, -0.1) is 0 Å². The van der Waals surface area contributed by atoms with E-state index in [4.69, 9.17) is 5.26 Å². The van der Waals surface area contributed by atoms with Crippen molar-refractivity contribution in [2.75, 3.05) is 0 Å². The Kier molecular flexibility index (Phi) is 2.42. The Morgan fingerprint density at radius 2 is 1.67 bits per heavy atom.